The van der Waals surface area contributed by atoms with E-state index in [0.29, 0.717) is 17.0 Å². The number of carbonyl (C=O) groups excluding carboxylic acids is 2. The Hall–Kier alpha value is -2.90. The van der Waals surface area contributed by atoms with Crippen molar-refractivity contribution < 1.29 is 19.4 Å². The quantitative estimate of drug-likeness (QED) is 0.282. The molecule has 0 radical (unpaired) electrons. The number of carbonyl (C=O) groups is 2. The number of anilines is 1. The summed E-state index contributed by atoms with van der Waals surface area (Å²) in [6, 6.07) is 13.9. The molecule has 0 aliphatic carbocycles. The van der Waals surface area contributed by atoms with Crippen LogP contribution in [0.1, 0.15) is 27.6 Å². The van der Waals surface area contributed by atoms with Gasteiger partial charge in [-0.15, -0.1) is 11.3 Å². The molecule has 1 aromatic heterocycles. The number of rotatable bonds is 4. The van der Waals surface area contributed by atoms with Gasteiger partial charge in [0.1, 0.15) is 17.6 Å². The zero-order valence-corrected chi connectivity index (χ0v) is 19.6. The van der Waals surface area contributed by atoms with Crippen molar-refractivity contribution >= 4 is 50.4 Å². The third-order valence-corrected chi connectivity index (χ3v) is 6.64. The minimum absolute atomic E-state index is 0.0516. The smallest absolute Gasteiger partial charge is 0.300 e. The van der Waals surface area contributed by atoms with Gasteiger partial charge in [0.05, 0.1) is 18.2 Å². The molecule has 1 N–H and O–H groups in total. The minimum Gasteiger partial charge on any atom is -0.507 e. The number of nitrogens with zero attached hydrogens (tertiary/aromatic N) is 1. The topological polar surface area (TPSA) is 66.8 Å². The van der Waals surface area contributed by atoms with Crippen molar-refractivity contribution in [3.05, 3.63) is 85.5 Å². The fourth-order valence-electron chi connectivity index (χ4n) is 3.99. The Kier molecular flexibility index (Phi) is 5.73. The third kappa shape index (κ3) is 3.68. The maximum Gasteiger partial charge on any atom is 0.300 e. The normalized spacial score (nSPS) is 17.9. The number of aryl methyl sites for hydroxylation is 2. The first kappa shape index (κ1) is 21.3. The number of methoxy groups -OCH3 is 1. The van der Waals surface area contributed by atoms with E-state index in [4.69, 9.17) is 4.74 Å². The monoisotopic (exact) mass is 497 g/mol. The lowest BCUT2D eigenvalue weighted by atomic mass is 9.96. The van der Waals surface area contributed by atoms with E-state index in [2.05, 4.69) is 15.9 Å². The molecule has 5 nitrogen and oxygen atoms in total. The average molecular weight is 498 g/mol. The van der Waals surface area contributed by atoms with E-state index in [0.717, 1.165) is 20.5 Å². The molecule has 2 heterocycles. The fourth-order valence-corrected chi connectivity index (χ4v) is 5.20. The summed E-state index contributed by atoms with van der Waals surface area (Å²) < 4.78 is 6.30. The molecule has 31 heavy (non-hydrogen) atoms. The molecule has 1 fully saturated rings. The molecule has 1 amide bonds. The summed E-state index contributed by atoms with van der Waals surface area (Å²) in [5.41, 5.74) is 2.76. The number of thiophene rings is 1. The molecule has 158 valence electrons. The Morgan fingerprint density at radius 1 is 1.13 bits per heavy atom. The zero-order chi connectivity index (χ0) is 22.3. The summed E-state index contributed by atoms with van der Waals surface area (Å²) in [6.45, 7) is 3.78. The summed E-state index contributed by atoms with van der Waals surface area (Å²) in [4.78, 5) is 28.6. The number of hydrogen-bond donors (Lipinski definition) is 1. The summed E-state index contributed by atoms with van der Waals surface area (Å²) in [5, 5.41) is 13.2. The van der Waals surface area contributed by atoms with Gasteiger partial charge in [-0.1, -0.05) is 34.1 Å². The summed E-state index contributed by atoms with van der Waals surface area (Å²) in [6.07, 6.45) is 0. The Bertz CT molecular complexity index is 1220. The lowest BCUT2D eigenvalue weighted by molar-refractivity contribution is -0.132. The van der Waals surface area contributed by atoms with Gasteiger partial charge >= 0.3 is 0 Å². The number of aliphatic hydroxyl groups excluding tert-OH is 1. The first-order valence-electron chi connectivity index (χ1n) is 9.59. The van der Waals surface area contributed by atoms with Crippen LogP contribution in [0.15, 0.2) is 64.0 Å². The van der Waals surface area contributed by atoms with Crippen LogP contribution in [0, 0.1) is 13.8 Å². The van der Waals surface area contributed by atoms with Crippen LogP contribution in [-0.2, 0) is 9.59 Å². The van der Waals surface area contributed by atoms with Crippen LogP contribution >= 0.6 is 27.3 Å². The van der Waals surface area contributed by atoms with Crippen molar-refractivity contribution in [2.75, 3.05) is 12.0 Å². The van der Waals surface area contributed by atoms with Crippen molar-refractivity contribution in [1.29, 1.82) is 0 Å². The zero-order valence-electron chi connectivity index (χ0n) is 17.2. The van der Waals surface area contributed by atoms with Crippen LogP contribution in [-0.4, -0.2) is 23.9 Å². The van der Waals surface area contributed by atoms with Gasteiger partial charge < -0.3 is 9.84 Å². The van der Waals surface area contributed by atoms with E-state index < -0.39 is 17.7 Å². The maximum absolute atomic E-state index is 13.2. The predicted molar refractivity (Wildman–Crippen MR) is 126 cm³/mol. The summed E-state index contributed by atoms with van der Waals surface area (Å²) in [5.74, 6) is -1.17. The van der Waals surface area contributed by atoms with Gasteiger partial charge in [-0.2, -0.15) is 0 Å². The molecule has 0 bridgehead atoms. The Morgan fingerprint density at radius 2 is 1.90 bits per heavy atom. The van der Waals surface area contributed by atoms with Gasteiger partial charge in [-0.05, 0) is 60.7 Å². The summed E-state index contributed by atoms with van der Waals surface area (Å²) in [7, 11) is 1.52. The van der Waals surface area contributed by atoms with E-state index in [1.807, 2.05) is 43.5 Å². The lowest BCUT2D eigenvalue weighted by Gasteiger charge is -2.24. The second kappa shape index (κ2) is 8.32. The molecular weight excluding hydrogens is 478 g/mol. The second-order valence-electron chi connectivity index (χ2n) is 7.33. The van der Waals surface area contributed by atoms with Crippen molar-refractivity contribution in [3.63, 3.8) is 0 Å². The van der Waals surface area contributed by atoms with Crippen LogP contribution in [0.3, 0.4) is 0 Å². The highest BCUT2D eigenvalue weighted by Gasteiger charge is 2.47. The van der Waals surface area contributed by atoms with Crippen molar-refractivity contribution in [2.45, 2.75) is 19.9 Å². The van der Waals surface area contributed by atoms with Crippen molar-refractivity contribution in [2.24, 2.45) is 0 Å². The van der Waals surface area contributed by atoms with E-state index in [1.54, 1.807) is 24.3 Å². The molecule has 3 aromatic rings. The van der Waals surface area contributed by atoms with E-state index in [-0.39, 0.29) is 11.3 Å². The van der Waals surface area contributed by atoms with E-state index in [1.165, 1.54) is 23.3 Å². The minimum atomic E-state index is -0.736. The van der Waals surface area contributed by atoms with Crippen molar-refractivity contribution in [1.82, 2.24) is 0 Å². The number of Topliss-reactive ketones (excluding diaryl/α,β-unsaturated/α-hetero) is 1. The molecule has 7 heteroatoms. The first-order chi connectivity index (χ1) is 14.8. The molecule has 4 rings (SSSR count). The van der Waals surface area contributed by atoms with Gasteiger partial charge in [0.2, 0.25) is 0 Å². The Balaban J connectivity index is 1.99. The highest BCUT2D eigenvalue weighted by Crippen LogP contribution is 2.45. The number of ketones is 1. The predicted octanol–water partition coefficient (Wildman–Crippen LogP) is 5.76. The highest BCUT2D eigenvalue weighted by molar-refractivity contribution is 9.10. The molecule has 0 saturated carbocycles. The fraction of sp³-hybridized carbons (Fsp3) is 0.167. The number of amides is 1. The largest absolute Gasteiger partial charge is 0.507 e. The van der Waals surface area contributed by atoms with Crippen molar-refractivity contribution in [3.8, 4) is 5.75 Å². The van der Waals surface area contributed by atoms with Gasteiger partial charge in [-0.3, -0.25) is 14.5 Å². The lowest BCUT2D eigenvalue weighted by Crippen LogP contribution is -2.29. The molecule has 1 saturated heterocycles. The number of benzene rings is 2. The number of hydrogen-bond acceptors (Lipinski definition) is 5. The first-order valence-corrected chi connectivity index (χ1v) is 11.3. The van der Waals surface area contributed by atoms with Gasteiger partial charge in [0, 0.05) is 15.0 Å². The number of aliphatic hydroxyl groups is 1. The summed E-state index contributed by atoms with van der Waals surface area (Å²) >= 11 is 4.86. The number of halogens is 1. The van der Waals surface area contributed by atoms with Crippen LogP contribution in [0.4, 0.5) is 5.69 Å². The Labute approximate surface area is 192 Å². The van der Waals surface area contributed by atoms with Gasteiger partial charge in [0.15, 0.2) is 0 Å². The maximum atomic E-state index is 13.2. The van der Waals surface area contributed by atoms with E-state index >= 15 is 0 Å². The molecule has 1 unspecified atom stereocenters. The molecule has 1 aliphatic rings. The number of ether oxygens (including phenoxy) is 1. The van der Waals surface area contributed by atoms with Crippen LogP contribution in [0.2, 0.25) is 0 Å². The molecule has 1 aliphatic heterocycles. The highest BCUT2D eigenvalue weighted by atomic mass is 79.9. The SMILES string of the molecule is COc1c(C)cc(C)cc1/C(O)=C1/C(=O)C(=O)N(c2cccc(Br)c2)C1c1cccs1. The van der Waals surface area contributed by atoms with E-state index in [9.17, 15) is 14.7 Å². The molecule has 0 spiro atoms. The molecule has 2 aromatic carbocycles. The standard InChI is InChI=1S/C24H20BrNO4S/c1-13-10-14(2)23(30-3)17(11-13)21(27)19-20(18-8-5-9-31-18)26(24(29)22(19)28)16-7-4-6-15(25)12-16/h4-12,20,27H,1-3H3/b21-19-. The molecule has 1 atom stereocenters. The van der Waals surface area contributed by atoms with Crippen LogP contribution < -0.4 is 9.64 Å². The Morgan fingerprint density at radius 3 is 2.55 bits per heavy atom. The second-order valence-corrected chi connectivity index (χ2v) is 9.22. The third-order valence-electron chi connectivity index (χ3n) is 5.22. The van der Waals surface area contributed by atoms with Crippen LogP contribution in [0.5, 0.6) is 5.75 Å². The van der Waals surface area contributed by atoms with Gasteiger partial charge in [0.25, 0.3) is 11.7 Å². The van der Waals surface area contributed by atoms with Crippen LogP contribution in [0.25, 0.3) is 5.76 Å². The van der Waals surface area contributed by atoms with Gasteiger partial charge in [-0.25, -0.2) is 0 Å². The average Bonchev–Trinajstić information content (AvgIpc) is 3.34. The molecular formula is C24H20BrNO4S.